The van der Waals surface area contributed by atoms with E-state index in [-0.39, 0.29) is 23.0 Å². The number of halogens is 3. The number of anilines is 1. The Bertz CT molecular complexity index is 830. The average molecular weight is 399 g/mol. The zero-order valence-electron chi connectivity index (χ0n) is 14.1. The van der Waals surface area contributed by atoms with Gasteiger partial charge in [0, 0.05) is 11.1 Å². The largest absolute Gasteiger partial charge is 0.465 e. The highest BCUT2D eigenvalue weighted by Gasteiger charge is 2.16. The van der Waals surface area contributed by atoms with Crippen LogP contribution in [0.15, 0.2) is 36.4 Å². The van der Waals surface area contributed by atoms with E-state index in [1.807, 2.05) is 0 Å². The summed E-state index contributed by atoms with van der Waals surface area (Å²) in [5, 5.41) is 5.82. The quantitative estimate of drug-likeness (QED) is 0.564. The van der Waals surface area contributed by atoms with Crippen molar-refractivity contribution in [2.45, 2.75) is 13.0 Å². The Morgan fingerprint density at radius 3 is 2.58 bits per heavy atom. The Morgan fingerprint density at radius 1 is 1.19 bits per heavy atom. The van der Waals surface area contributed by atoms with Crippen LogP contribution in [-0.2, 0) is 9.53 Å². The average Bonchev–Trinajstić information content (AvgIpc) is 2.62. The van der Waals surface area contributed by atoms with E-state index in [1.165, 1.54) is 19.2 Å². The Hall–Kier alpha value is -2.15. The Kier molecular flexibility index (Phi) is 6.97. The van der Waals surface area contributed by atoms with Crippen LogP contribution >= 0.6 is 23.2 Å². The third-order valence-corrected chi connectivity index (χ3v) is 4.30. The molecule has 2 aromatic rings. The third-order valence-electron chi connectivity index (χ3n) is 3.68. The van der Waals surface area contributed by atoms with E-state index >= 15 is 0 Å². The molecular weight excluding hydrogens is 382 g/mol. The van der Waals surface area contributed by atoms with Gasteiger partial charge in [0.1, 0.15) is 5.82 Å². The summed E-state index contributed by atoms with van der Waals surface area (Å²) in [5.74, 6) is -1.51. The SMILES string of the molecule is COC(=O)c1ccccc1NC(=O)CN[C@@H](C)c1cc(F)c(Cl)cc1Cl. The first-order valence-corrected chi connectivity index (χ1v) is 8.44. The molecule has 2 N–H and O–H groups in total. The van der Waals surface area contributed by atoms with Crippen molar-refractivity contribution in [1.82, 2.24) is 5.32 Å². The molecule has 8 heteroatoms. The number of carbonyl (C=O) groups excluding carboxylic acids is 2. The summed E-state index contributed by atoms with van der Waals surface area (Å²) < 4.78 is 18.3. The summed E-state index contributed by atoms with van der Waals surface area (Å²) >= 11 is 11.7. The third kappa shape index (κ3) is 4.94. The smallest absolute Gasteiger partial charge is 0.339 e. The van der Waals surface area contributed by atoms with Crippen molar-refractivity contribution in [2.24, 2.45) is 0 Å². The summed E-state index contributed by atoms with van der Waals surface area (Å²) in [7, 11) is 1.26. The molecule has 0 heterocycles. The van der Waals surface area contributed by atoms with Gasteiger partial charge in [-0.1, -0.05) is 35.3 Å². The van der Waals surface area contributed by atoms with Crippen LogP contribution in [0, 0.1) is 5.82 Å². The molecule has 0 aliphatic heterocycles. The lowest BCUT2D eigenvalue weighted by molar-refractivity contribution is -0.115. The van der Waals surface area contributed by atoms with Crippen molar-refractivity contribution < 1.29 is 18.7 Å². The van der Waals surface area contributed by atoms with Crippen molar-refractivity contribution in [2.75, 3.05) is 19.0 Å². The first kappa shape index (κ1) is 20.2. The molecule has 0 aromatic heterocycles. The van der Waals surface area contributed by atoms with Crippen molar-refractivity contribution in [3.05, 3.63) is 63.4 Å². The fraction of sp³-hybridized carbons (Fsp3) is 0.222. The molecule has 0 spiro atoms. The first-order chi connectivity index (χ1) is 12.3. The van der Waals surface area contributed by atoms with Crippen LogP contribution in [0.3, 0.4) is 0 Å². The lowest BCUT2D eigenvalue weighted by Gasteiger charge is -2.16. The molecule has 0 aliphatic rings. The molecule has 5 nitrogen and oxygen atoms in total. The molecule has 0 radical (unpaired) electrons. The molecule has 2 rings (SSSR count). The van der Waals surface area contributed by atoms with Gasteiger partial charge in [-0.25, -0.2) is 9.18 Å². The van der Waals surface area contributed by atoms with Gasteiger partial charge < -0.3 is 15.4 Å². The number of benzene rings is 2. The first-order valence-electron chi connectivity index (χ1n) is 7.68. The van der Waals surface area contributed by atoms with Crippen molar-refractivity contribution in [3.63, 3.8) is 0 Å². The van der Waals surface area contributed by atoms with Crippen LogP contribution in [0.1, 0.15) is 28.9 Å². The number of para-hydroxylation sites is 1. The number of hydrogen-bond acceptors (Lipinski definition) is 4. The second kappa shape index (κ2) is 8.98. The van der Waals surface area contributed by atoms with E-state index < -0.39 is 17.8 Å². The lowest BCUT2D eigenvalue weighted by atomic mass is 10.1. The minimum absolute atomic E-state index is 0.0666. The van der Waals surface area contributed by atoms with Crippen molar-refractivity contribution in [3.8, 4) is 0 Å². The minimum Gasteiger partial charge on any atom is -0.465 e. The van der Waals surface area contributed by atoms with Crippen LogP contribution in [0.25, 0.3) is 0 Å². The molecule has 138 valence electrons. The number of esters is 1. The van der Waals surface area contributed by atoms with Crippen molar-refractivity contribution >= 4 is 40.8 Å². The maximum absolute atomic E-state index is 13.6. The number of rotatable bonds is 6. The minimum atomic E-state index is -0.587. The summed E-state index contributed by atoms with van der Waals surface area (Å²) in [5.41, 5.74) is 1.07. The van der Waals surface area contributed by atoms with Gasteiger partial charge in [0.2, 0.25) is 5.91 Å². The summed E-state index contributed by atoms with van der Waals surface area (Å²) in [6, 6.07) is 8.65. The fourth-order valence-electron chi connectivity index (χ4n) is 2.30. The highest BCUT2D eigenvalue weighted by Crippen LogP contribution is 2.28. The normalized spacial score (nSPS) is 11.7. The van der Waals surface area contributed by atoms with Gasteiger partial charge in [-0.2, -0.15) is 0 Å². The van der Waals surface area contributed by atoms with E-state index in [0.717, 1.165) is 0 Å². The molecule has 0 saturated heterocycles. The second-order valence-corrected chi connectivity index (χ2v) is 6.29. The monoisotopic (exact) mass is 398 g/mol. The highest BCUT2D eigenvalue weighted by molar-refractivity contribution is 6.35. The highest BCUT2D eigenvalue weighted by atomic mass is 35.5. The van der Waals surface area contributed by atoms with Gasteiger partial charge in [-0.15, -0.1) is 0 Å². The van der Waals surface area contributed by atoms with Gasteiger partial charge in [0.15, 0.2) is 0 Å². The fourth-order valence-corrected chi connectivity index (χ4v) is 2.85. The molecule has 0 saturated carbocycles. The summed E-state index contributed by atoms with van der Waals surface area (Å²) in [6.45, 7) is 1.67. The van der Waals surface area contributed by atoms with Gasteiger partial charge >= 0.3 is 5.97 Å². The van der Waals surface area contributed by atoms with E-state index in [2.05, 4.69) is 15.4 Å². The standard InChI is InChI=1S/C18H17Cl2FN2O3/c1-10(12-7-15(21)14(20)8-13(12)19)22-9-17(24)23-16-6-4-3-5-11(16)18(25)26-2/h3-8,10,22H,9H2,1-2H3,(H,23,24)/t10-/m0/s1. The van der Waals surface area contributed by atoms with Crippen LogP contribution < -0.4 is 10.6 Å². The molecule has 1 amide bonds. The summed E-state index contributed by atoms with van der Waals surface area (Å²) in [6.07, 6.45) is 0. The number of hydrogen-bond donors (Lipinski definition) is 2. The summed E-state index contributed by atoms with van der Waals surface area (Å²) in [4.78, 5) is 23.9. The zero-order chi connectivity index (χ0) is 19.3. The van der Waals surface area contributed by atoms with E-state index in [9.17, 15) is 14.0 Å². The molecule has 0 fully saturated rings. The maximum Gasteiger partial charge on any atom is 0.339 e. The Balaban J connectivity index is 2.02. The number of carbonyl (C=O) groups is 2. The molecule has 0 bridgehead atoms. The molecule has 0 aliphatic carbocycles. The van der Waals surface area contributed by atoms with E-state index in [1.54, 1.807) is 31.2 Å². The lowest BCUT2D eigenvalue weighted by Crippen LogP contribution is -2.30. The van der Waals surface area contributed by atoms with E-state index in [4.69, 9.17) is 23.2 Å². The Labute approximate surface area is 160 Å². The van der Waals surface area contributed by atoms with Crippen LogP contribution in [0.4, 0.5) is 10.1 Å². The van der Waals surface area contributed by atoms with Gasteiger partial charge in [-0.3, -0.25) is 4.79 Å². The number of ether oxygens (including phenoxy) is 1. The second-order valence-electron chi connectivity index (χ2n) is 5.48. The van der Waals surface area contributed by atoms with Crippen LogP contribution in [0.5, 0.6) is 0 Å². The predicted octanol–water partition coefficient (Wildman–Crippen LogP) is 4.21. The topological polar surface area (TPSA) is 67.4 Å². The van der Waals surface area contributed by atoms with Crippen LogP contribution in [0.2, 0.25) is 10.0 Å². The predicted molar refractivity (Wildman–Crippen MR) is 99.2 cm³/mol. The van der Waals surface area contributed by atoms with Crippen molar-refractivity contribution in [1.29, 1.82) is 0 Å². The Morgan fingerprint density at radius 2 is 1.88 bits per heavy atom. The van der Waals surface area contributed by atoms with E-state index in [0.29, 0.717) is 16.3 Å². The molecule has 2 aromatic carbocycles. The number of methoxy groups -OCH3 is 1. The molecule has 0 unspecified atom stereocenters. The maximum atomic E-state index is 13.6. The van der Waals surface area contributed by atoms with Gasteiger partial charge in [0.05, 0.1) is 29.9 Å². The van der Waals surface area contributed by atoms with Gasteiger partial charge in [0.25, 0.3) is 0 Å². The molecular formula is C18H17Cl2FN2O3. The zero-order valence-corrected chi connectivity index (χ0v) is 15.6. The van der Waals surface area contributed by atoms with Gasteiger partial charge in [-0.05, 0) is 36.8 Å². The number of nitrogens with one attached hydrogen (secondary N) is 2. The molecule has 26 heavy (non-hydrogen) atoms. The number of amides is 1. The molecule has 1 atom stereocenters. The van der Waals surface area contributed by atoms with Crippen LogP contribution in [-0.4, -0.2) is 25.5 Å².